The maximum Gasteiger partial charge on any atom is 0.274 e. The van der Waals surface area contributed by atoms with Gasteiger partial charge in [-0.15, -0.1) is 0 Å². The molecule has 0 radical (unpaired) electrons. The van der Waals surface area contributed by atoms with Gasteiger partial charge in [0.05, 0.1) is 6.04 Å². The van der Waals surface area contributed by atoms with Gasteiger partial charge >= 0.3 is 0 Å². The molecule has 1 amide bonds. The van der Waals surface area contributed by atoms with E-state index in [-0.39, 0.29) is 11.9 Å². The van der Waals surface area contributed by atoms with E-state index in [9.17, 15) is 4.79 Å². The second-order valence-electron chi connectivity index (χ2n) is 6.36. The molecule has 1 aromatic carbocycles. The lowest BCUT2D eigenvalue weighted by Crippen LogP contribution is -2.32. The molecule has 6 nitrogen and oxygen atoms in total. The fourth-order valence-corrected chi connectivity index (χ4v) is 3.36. The van der Waals surface area contributed by atoms with E-state index in [1.54, 1.807) is 0 Å². The number of hydrogen-bond donors (Lipinski definition) is 1. The van der Waals surface area contributed by atoms with E-state index < -0.39 is 0 Å². The normalized spacial score (nSPS) is 16.1. The maximum atomic E-state index is 12.6. The van der Waals surface area contributed by atoms with Gasteiger partial charge in [0.25, 0.3) is 5.91 Å². The fourth-order valence-electron chi connectivity index (χ4n) is 3.36. The van der Waals surface area contributed by atoms with Crippen LogP contribution in [0.15, 0.2) is 47.3 Å². The van der Waals surface area contributed by atoms with Gasteiger partial charge < -0.3 is 9.73 Å². The van der Waals surface area contributed by atoms with E-state index >= 15 is 0 Å². The number of hydrogen-bond acceptors (Lipinski definition) is 5. The third-order valence-electron chi connectivity index (χ3n) is 4.70. The second kappa shape index (κ2) is 7.07. The highest BCUT2D eigenvalue weighted by molar-refractivity contribution is 5.93. The van der Waals surface area contributed by atoms with Crippen LogP contribution >= 0.6 is 0 Å². The zero-order valence-electron chi connectivity index (χ0n) is 14.6. The van der Waals surface area contributed by atoms with E-state index in [1.165, 1.54) is 6.39 Å². The average Bonchev–Trinajstić information content (AvgIpc) is 3.17. The summed E-state index contributed by atoms with van der Waals surface area (Å²) in [7, 11) is 0. The van der Waals surface area contributed by atoms with Crippen molar-refractivity contribution >= 4 is 5.91 Å². The number of amides is 1. The van der Waals surface area contributed by atoms with Crippen LogP contribution in [0.1, 0.15) is 53.3 Å². The fraction of sp³-hybridized carbons (Fsp3) is 0.300. The number of nitrogens with one attached hydrogen (secondary N) is 1. The van der Waals surface area contributed by atoms with Crippen molar-refractivity contribution in [1.29, 1.82) is 0 Å². The van der Waals surface area contributed by atoms with Gasteiger partial charge in [-0.05, 0) is 19.3 Å². The summed E-state index contributed by atoms with van der Waals surface area (Å²) in [5, 5.41) is 3.07. The monoisotopic (exact) mass is 348 g/mol. The number of oxazole rings is 1. The Labute approximate surface area is 151 Å². The van der Waals surface area contributed by atoms with Gasteiger partial charge in [-0.1, -0.05) is 37.3 Å². The van der Waals surface area contributed by atoms with Crippen LogP contribution in [0.25, 0.3) is 11.4 Å². The molecule has 0 spiro atoms. The molecule has 1 atom stereocenters. The summed E-state index contributed by atoms with van der Waals surface area (Å²) in [6.07, 6.45) is 6.53. The standard InChI is InChI=1S/C20H20N4O2/c1-2-17-18(22-12-26-17)20(25)24-16-10-6-9-15-14(16)11-21-19(23-15)13-7-4-3-5-8-13/h3-5,7-8,11-12,16H,2,6,9-10H2,1H3,(H,24,25). The van der Waals surface area contributed by atoms with E-state index in [0.717, 1.165) is 41.9 Å². The lowest BCUT2D eigenvalue weighted by atomic mass is 9.92. The van der Waals surface area contributed by atoms with E-state index in [2.05, 4.69) is 15.3 Å². The third-order valence-corrected chi connectivity index (χ3v) is 4.70. The van der Waals surface area contributed by atoms with Crippen molar-refractivity contribution < 1.29 is 9.21 Å². The van der Waals surface area contributed by atoms with Crippen molar-refractivity contribution in [3.63, 3.8) is 0 Å². The van der Waals surface area contributed by atoms with Gasteiger partial charge in [0.2, 0.25) is 0 Å². The van der Waals surface area contributed by atoms with Gasteiger partial charge in [0.15, 0.2) is 17.9 Å². The molecule has 2 heterocycles. The molecular weight excluding hydrogens is 328 g/mol. The molecule has 1 aliphatic rings. The van der Waals surface area contributed by atoms with Gasteiger partial charge in [0.1, 0.15) is 5.76 Å². The SMILES string of the molecule is CCc1ocnc1C(=O)NC1CCCc2nc(-c3ccccc3)ncc21. The first kappa shape index (κ1) is 16.4. The van der Waals surface area contributed by atoms with Gasteiger partial charge in [-0.2, -0.15) is 0 Å². The van der Waals surface area contributed by atoms with Crippen molar-refractivity contribution in [2.45, 2.75) is 38.6 Å². The Morgan fingerprint density at radius 3 is 2.92 bits per heavy atom. The highest BCUT2D eigenvalue weighted by Gasteiger charge is 2.26. The minimum atomic E-state index is -0.208. The second-order valence-corrected chi connectivity index (χ2v) is 6.36. The number of carbonyl (C=O) groups is 1. The van der Waals surface area contributed by atoms with Crippen molar-refractivity contribution in [2.24, 2.45) is 0 Å². The molecule has 1 N–H and O–H groups in total. The Morgan fingerprint density at radius 2 is 2.12 bits per heavy atom. The zero-order chi connectivity index (χ0) is 17.9. The maximum absolute atomic E-state index is 12.6. The molecule has 26 heavy (non-hydrogen) atoms. The summed E-state index contributed by atoms with van der Waals surface area (Å²) in [5.41, 5.74) is 3.36. The molecule has 0 fully saturated rings. The van der Waals surface area contributed by atoms with Crippen LogP contribution in [-0.2, 0) is 12.8 Å². The van der Waals surface area contributed by atoms with Crippen LogP contribution in [-0.4, -0.2) is 20.9 Å². The molecule has 1 aliphatic carbocycles. The Bertz CT molecular complexity index is 921. The van der Waals surface area contributed by atoms with Crippen molar-refractivity contribution in [3.8, 4) is 11.4 Å². The number of aryl methyl sites for hydroxylation is 2. The van der Waals surface area contributed by atoms with E-state index in [4.69, 9.17) is 9.40 Å². The molecule has 2 aromatic heterocycles. The van der Waals surface area contributed by atoms with Crippen LogP contribution in [0.4, 0.5) is 0 Å². The Hall–Kier alpha value is -3.02. The van der Waals surface area contributed by atoms with Crippen LogP contribution in [0.2, 0.25) is 0 Å². The molecule has 0 bridgehead atoms. The first-order chi connectivity index (χ1) is 12.8. The Morgan fingerprint density at radius 1 is 1.27 bits per heavy atom. The number of carbonyl (C=O) groups excluding carboxylic acids is 1. The predicted octanol–water partition coefficient (Wildman–Crippen LogP) is 3.50. The van der Waals surface area contributed by atoms with Gasteiger partial charge in [0, 0.05) is 29.4 Å². The molecule has 0 saturated carbocycles. The Kier molecular flexibility index (Phi) is 4.48. The zero-order valence-corrected chi connectivity index (χ0v) is 14.6. The molecule has 0 saturated heterocycles. The summed E-state index contributed by atoms with van der Waals surface area (Å²) in [6, 6.07) is 9.83. The van der Waals surface area contributed by atoms with Crippen LogP contribution < -0.4 is 5.32 Å². The van der Waals surface area contributed by atoms with E-state index in [0.29, 0.717) is 17.9 Å². The number of fused-ring (bicyclic) bond motifs is 1. The summed E-state index contributed by atoms with van der Waals surface area (Å²) in [5.74, 6) is 1.12. The number of benzene rings is 1. The highest BCUT2D eigenvalue weighted by atomic mass is 16.3. The number of rotatable bonds is 4. The van der Waals surface area contributed by atoms with Crippen LogP contribution in [0.5, 0.6) is 0 Å². The molecular formula is C20H20N4O2. The lowest BCUT2D eigenvalue weighted by molar-refractivity contribution is 0.0926. The minimum absolute atomic E-state index is 0.0996. The number of aromatic nitrogens is 3. The molecule has 4 rings (SSSR count). The average molecular weight is 348 g/mol. The Balaban J connectivity index is 1.59. The topological polar surface area (TPSA) is 80.9 Å². The largest absolute Gasteiger partial charge is 0.448 e. The first-order valence-electron chi connectivity index (χ1n) is 8.90. The summed E-state index contributed by atoms with van der Waals surface area (Å²) < 4.78 is 5.26. The first-order valence-corrected chi connectivity index (χ1v) is 8.90. The molecule has 3 aromatic rings. The summed E-state index contributed by atoms with van der Waals surface area (Å²) >= 11 is 0. The quantitative estimate of drug-likeness (QED) is 0.780. The molecule has 132 valence electrons. The summed E-state index contributed by atoms with van der Waals surface area (Å²) in [4.78, 5) is 25.9. The van der Waals surface area contributed by atoms with Crippen molar-refractivity contribution in [2.75, 3.05) is 0 Å². The highest BCUT2D eigenvalue weighted by Crippen LogP contribution is 2.30. The lowest BCUT2D eigenvalue weighted by Gasteiger charge is -2.25. The van der Waals surface area contributed by atoms with Crippen molar-refractivity contribution in [3.05, 3.63) is 65.6 Å². The minimum Gasteiger partial charge on any atom is -0.448 e. The van der Waals surface area contributed by atoms with Crippen LogP contribution in [0, 0.1) is 0 Å². The van der Waals surface area contributed by atoms with Crippen LogP contribution in [0.3, 0.4) is 0 Å². The number of nitrogens with zero attached hydrogens (tertiary/aromatic N) is 3. The molecule has 0 aliphatic heterocycles. The molecule has 6 heteroatoms. The van der Waals surface area contributed by atoms with Gasteiger partial charge in [-0.25, -0.2) is 15.0 Å². The third kappa shape index (κ3) is 3.10. The smallest absolute Gasteiger partial charge is 0.274 e. The van der Waals surface area contributed by atoms with E-state index in [1.807, 2.05) is 43.5 Å². The summed E-state index contributed by atoms with van der Waals surface area (Å²) in [6.45, 7) is 1.94. The molecule has 1 unspecified atom stereocenters. The van der Waals surface area contributed by atoms with Gasteiger partial charge in [-0.3, -0.25) is 4.79 Å². The predicted molar refractivity (Wildman–Crippen MR) is 96.5 cm³/mol. The van der Waals surface area contributed by atoms with Crippen molar-refractivity contribution in [1.82, 2.24) is 20.3 Å².